The molecule has 0 aliphatic heterocycles. The van der Waals surface area contributed by atoms with Crippen LogP contribution in [0.5, 0.6) is 0 Å². The molecule has 0 rings (SSSR count). The molecule has 2 nitrogen and oxygen atoms in total. The third-order valence-electron chi connectivity index (χ3n) is 1.46. The highest BCUT2D eigenvalue weighted by molar-refractivity contribution is 4.84. The summed E-state index contributed by atoms with van der Waals surface area (Å²) in [5.74, 6) is 0. The van der Waals surface area contributed by atoms with Crippen molar-refractivity contribution in [3.05, 3.63) is 17.9 Å². The van der Waals surface area contributed by atoms with Crippen molar-refractivity contribution in [1.29, 1.82) is 0 Å². The van der Waals surface area contributed by atoms with Crippen LogP contribution in [-0.4, -0.2) is 19.5 Å². The van der Waals surface area contributed by atoms with E-state index in [-0.39, 0.29) is 6.29 Å². The van der Waals surface area contributed by atoms with Gasteiger partial charge in [-0.1, -0.05) is 6.92 Å². The van der Waals surface area contributed by atoms with E-state index in [2.05, 4.69) is 12.7 Å². The third kappa shape index (κ3) is 7.79. The van der Waals surface area contributed by atoms with Crippen molar-refractivity contribution in [3.8, 4) is 0 Å². The van der Waals surface area contributed by atoms with Crippen molar-refractivity contribution < 1.29 is 9.47 Å². The van der Waals surface area contributed by atoms with Gasteiger partial charge in [-0.2, -0.15) is 0 Å². The fourth-order valence-electron chi connectivity index (χ4n) is 0.921. The summed E-state index contributed by atoms with van der Waals surface area (Å²) in [5.41, 5.74) is 3.07. The van der Waals surface area contributed by atoms with Crippen LogP contribution in [0.1, 0.15) is 33.6 Å². The van der Waals surface area contributed by atoms with Gasteiger partial charge < -0.3 is 9.47 Å². The average molecular weight is 184 g/mol. The Morgan fingerprint density at radius 2 is 1.69 bits per heavy atom. The molecule has 0 aromatic carbocycles. The van der Waals surface area contributed by atoms with Crippen molar-refractivity contribution in [1.82, 2.24) is 0 Å². The van der Waals surface area contributed by atoms with Crippen molar-refractivity contribution >= 4 is 0 Å². The molecule has 2 heteroatoms. The summed E-state index contributed by atoms with van der Waals surface area (Å²) in [6, 6.07) is 0. The average Bonchev–Trinajstić information content (AvgIpc) is 2.13. The highest BCUT2D eigenvalue weighted by Gasteiger charge is 2.03. The summed E-state index contributed by atoms with van der Waals surface area (Å²) in [7, 11) is 0. The van der Waals surface area contributed by atoms with Gasteiger partial charge in [-0.15, -0.1) is 5.73 Å². The SMILES string of the molecule is CCC=C=CCC(OCC)OCC. The normalized spacial score (nSPS) is 9.85. The second kappa shape index (κ2) is 9.53. The molecule has 0 bridgehead atoms. The molecule has 0 aliphatic carbocycles. The zero-order chi connectivity index (χ0) is 9.94. The lowest BCUT2D eigenvalue weighted by Crippen LogP contribution is -2.15. The quantitative estimate of drug-likeness (QED) is 0.447. The predicted octanol–water partition coefficient (Wildman–Crippen LogP) is 2.90. The first-order valence-electron chi connectivity index (χ1n) is 4.97. The van der Waals surface area contributed by atoms with Crippen LogP contribution >= 0.6 is 0 Å². The van der Waals surface area contributed by atoms with E-state index in [0.717, 1.165) is 12.8 Å². The minimum absolute atomic E-state index is 0.104. The third-order valence-corrected chi connectivity index (χ3v) is 1.46. The molecule has 0 amide bonds. The molecule has 0 N–H and O–H groups in total. The van der Waals surface area contributed by atoms with Gasteiger partial charge in [0.2, 0.25) is 0 Å². The van der Waals surface area contributed by atoms with Gasteiger partial charge in [0, 0.05) is 19.6 Å². The van der Waals surface area contributed by atoms with E-state index in [4.69, 9.17) is 9.47 Å². The zero-order valence-corrected chi connectivity index (χ0v) is 8.88. The minimum atomic E-state index is -0.104. The van der Waals surface area contributed by atoms with Crippen LogP contribution in [0.4, 0.5) is 0 Å². The standard InChI is InChI=1S/C11H20O2/c1-4-7-8-9-10-11(12-5-2)13-6-3/h7,9,11H,4-6,10H2,1-3H3. The van der Waals surface area contributed by atoms with Crippen LogP contribution in [0.3, 0.4) is 0 Å². The fourth-order valence-corrected chi connectivity index (χ4v) is 0.921. The summed E-state index contributed by atoms with van der Waals surface area (Å²) < 4.78 is 10.7. The van der Waals surface area contributed by atoms with Crippen molar-refractivity contribution in [2.75, 3.05) is 13.2 Å². The first kappa shape index (κ1) is 12.4. The maximum absolute atomic E-state index is 5.36. The van der Waals surface area contributed by atoms with Crippen molar-refractivity contribution in [2.45, 2.75) is 39.9 Å². The van der Waals surface area contributed by atoms with Crippen molar-refractivity contribution in [3.63, 3.8) is 0 Å². The molecule has 0 fully saturated rings. The molecule has 0 atom stereocenters. The Hall–Kier alpha value is -0.560. The lowest BCUT2D eigenvalue weighted by molar-refractivity contribution is -0.133. The number of hydrogen-bond donors (Lipinski definition) is 0. The molecule has 0 saturated heterocycles. The van der Waals surface area contributed by atoms with E-state index >= 15 is 0 Å². The molecule has 13 heavy (non-hydrogen) atoms. The van der Waals surface area contributed by atoms with E-state index in [9.17, 15) is 0 Å². The number of hydrogen-bond acceptors (Lipinski definition) is 2. The first-order valence-corrected chi connectivity index (χ1v) is 4.97. The Bertz CT molecular complexity index is 151. The molecule has 0 aromatic heterocycles. The van der Waals surface area contributed by atoms with Crippen LogP contribution in [0.25, 0.3) is 0 Å². The van der Waals surface area contributed by atoms with E-state index < -0.39 is 0 Å². The van der Waals surface area contributed by atoms with Gasteiger partial charge in [0.15, 0.2) is 6.29 Å². The molecular formula is C11H20O2. The molecule has 0 radical (unpaired) electrons. The summed E-state index contributed by atoms with van der Waals surface area (Å²) in [6.45, 7) is 7.41. The van der Waals surface area contributed by atoms with Gasteiger partial charge in [0.1, 0.15) is 0 Å². The zero-order valence-electron chi connectivity index (χ0n) is 8.88. The Kier molecular flexibility index (Phi) is 9.12. The van der Waals surface area contributed by atoms with Gasteiger partial charge >= 0.3 is 0 Å². The maximum Gasteiger partial charge on any atom is 0.161 e. The smallest absolute Gasteiger partial charge is 0.161 e. The topological polar surface area (TPSA) is 18.5 Å². The molecule has 76 valence electrons. The molecular weight excluding hydrogens is 164 g/mol. The van der Waals surface area contributed by atoms with Crippen molar-refractivity contribution in [2.24, 2.45) is 0 Å². The van der Waals surface area contributed by atoms with Gasteiger partial charge in [-0.25, -0.2) is 0 Å². The maximum atomic E-state index is 5.36. The van der Waals surface area contributed by atoms with E-state index in [1.54, 1.807) is 0 Å². The van der Waals surface area contributed by atoms with Gasteiger partial charge in [0.25, 0.3) is 0 Å². The Balaban J connectivity index is 3.73. The van der Waals surface area contributed by atoms with Gasteiger partial charge in [-0.05, 0) is 32.4 Å². The fraction of sp³-hybridized carbons (Fsp3) is 0.727. The molecule has 0 heterocycles. The van der Waals surface area contributed by atoms with Gasteiger partial charge in [-0.3, -0.25) is 0 Å². The second-order valence-corrected chi connectivity index (χ2v) is 2.56. The van der Waals surface area contributed by atoms with Crippen LogP contribution in [0, 0.1) is 0 Å². The van der Waals surface area contributed by atoms with E-state index in [1.165, 1.54) is 0 Å². The molecule has 0 spiro atoms. The lowest BCUT2D eigenvalue weighted by atomic mass is 10.3. The molecule has 0 aliphatic rings. The van der Waals surface area contributed by atoms with E-state index in [1.807, 2.05) is 26.0 Å². The summed E-state index contributed by atoms with van der Waals surface area (Å²) in [5, 5.41) is 0. The lowest BCUT2D eigenvalue weighted by Gasteiger charge is -2.13. The van der Waals surface area contributed by atoms with E-state index in [0.29, 0.717) is 13.2 Å². The molecule has 0 saturated carbocycles. The van der Waals surface area contributed by atoms with Crippen LogP contribution in [0.2, 0.25) is 0 Å². The number of rotatable bonds is 7. The summed E-state index contributed by atoms with van der Waals surface area (Å²) >= 11 is 0. The molecule has 0 aromatic rings. The van der Waals surface area contributed by atoms with Crippen LogP contribution < -0.4 is 0 Å². The highest BCUT2D eigenvalue weighted by atomic mass is 16.7. The number of ether oxygens (including phenoxy) is 2. The molecule has 0 unspecified atom stereocenters. The van der Waals surface area contributed by atoms with Crippen LogP contribution in [0.15, 0.2) is 17.9 Å². The van der Waals surface area contributed by atoms with Gasteiger partial charge in [0.05, 0.1) is 0 Å². The Labute approximate surface area is 81.2 Å². The Morgan fingerprint density at radius 1 is 1.08 bits per heavy atom. The largest absolute Gasteiger partial charge is 0.353 e. The monoisotopic (exact) mass is 184 g/mol. The predicted molar refractivity (Wildman–Crippen MR) is 54.6 cm³/mol. The Morgan fingerprint density at radius 3 is 2.15 bits per heavy atom. The highest BCUT2D eigenvalue weighted by Crippen LogP contribution is 2.01. The summed E-state index contributed by atoms with van der Waals surface area (Å²) in [4.78, 5) is 0. The second-order valence-electron chi connectivity index (χ2n) is 2.56. The first-order chi connectivity index (χ1) is 6.35. The summed E-state index contributed by atoms with van der Waals surface area (Å²) in [6.07, 6.45) is 5.64. The minimum Gasteiger partial charge on any atom is -0.353 e. The van der Waals surface area contributed by atoms with Crippen LogP contribution in [-0.2, 0) is 9.47 Å².